The van der Waals surface area contributed by atoms with Crippen molar-refractivity contribution in [3.63, 3.8) is 0 Å². The van der Waals surface area contributed by atoms with Gasteiger partial charge in [-0.3, -0.25) is 4.99 Å². The Kier molecular flexibility index (Phi) is 5.29. The summed E-state index contributed by atoms with van der Waals surface area (Å²) in [5.74, 6) is 1.47. The molecular weight excluding hydrogens is 452 g/mol. The first-order chi connectivity index (χ1) is 18.3. The fraction of sp³-hybridized carbons (Fsp3) is 0.0909. The number of rotatable bonds is 4. The maximum atomic E-state index is 4.96. The molecule has 178 valence electrons. The Morgan fingerprint density at radius 3 is 2.05 bits per heavy atom. The predicted molar refractivity (Wildman–Crippen MR) is 154 cm³/mol. The molecule has 1 aromatic heterocycles. The lowest BCUT2D eigenvalue weighted by atomic mass is 10.0. The summed E-state index contributed by atoms with van der Waals surface area (Å²) in [6, 6.07) is 36.0. The van der Waals surface area contributed by atoms with Crippen LogP contribution >= 0.6 is 0 Å². The molecule has 1 aliphatic carbocycles. The molecule has 1 unspecified atom stereocenters. The van der Waals surface area contributed by atoms with E-state index in [9.17, 15) is 0 Å². The van der Waals surface area contributed by atoms with Crippen LogP contribution in [0.4, 0.5) is 0 Å². The molecule has 5 aromatic rings. The third kappa shape index (κ3) is 3.87. The summed E-state index contributed by atoms with van der Waals surface area (Å²) in [4.78, 5) is 9.83. The molecule has 2 aliphatic rings. The minimum atomic E-state index is -0.308. The fourth-order valence-electron chi connectivity index (χ4n) is 5.21. The number of aromatic nitrogens is 1. The zero-order chi connectivity index (χ0) is 24.6. The second-order valence-corrected chi connectivity index (χ2v) is 9.36. The van der Waals surface area contributed by atoms with Gasteiger partial charge in [0.2, 0.25) is 0 Å². The minimum absolute atomic E-state index is 0.308. The van der Waals surface area contributed by atoms with E-state index < -0.39 is 0 Å². The molecule has 0 saturated carbocycles. The normalized spacial score (nSPS) is 17.3. The molecule has 4 aromatic carbocycles. The van der Waals surface area contributed by atoms with Crippen molar-refractivity contribution >= 4 is 33.5 Å². The van der Waals surface area contributed by atoms with E-state index in [1.807, 2.05) is 18.2 Å². The van der Waals surface area contributed by atoms with E-state index in [0.717, 1.165) is 41.1 Å². The molecule has 0 saturated heterocycles. The molecule has 37 heavy (non-hydrogen) atoms. The van der Waals surface area contributed by atoms with Gasteiger partial charge in [0, 0.05) is 16.5 Å². The topological polar surface area (TPSA) is 43.8 Å². The molecule has 0 radical (unpaired) electrons. The lowest BCUT2D eigenvalue weighted by molar-refractivity contribution is 0.876. The van der Waals surface area contributed by atoms with Crippen molar-refractivity contribution in [2.75, 3.05) is 0 Å². The summed E-state index contributed by atoms with van der Waals surface area (Å²) >= 11 is 0. The molecule has 4 heteroatoms. The highest BCUT2D eigenvalue weighted by Gasteiger charge is 2.15. The van der Waals surface area contributed by atoms with Gasteiger partial charge in [-0.1, -0.05) is 103 Å². The van der Waals surface area contributed by atoms with Crippen LogP contribution in [0.3, 0.4) is 0 Å². The molecule has 0 N–H and O–H groups in total. The van der Waals surface area contributed by atoms with Crippen LogP contribution < -0.4 is 0 Å². The first-order valence-electron chi connectivity index (χ1n) is 12.7. The fourth-order valence-corrected chi connectivity index (χ4v) is 5.21. The standard InChI is InChI=1S/C33H25N4/c1-3-11-23(12-4-1)31-34-32(24-13-5-2-6-14-24)36-33(35-31)25-19-21-26(22-20-25)37-29-17-9-7-15-27(29)28-16-8-10-18-30(28)37/h1,3-5,7-22,31H,2,6H2/q-1. The molecule has 7 rings (SSSR count). The number of aliphatic imine (C=N–C) groups is 2. The molecule has 0 bridgehead atoms. The van der Waals surface area contributed by atoms with Gasteiger partial charge in [-0.2, -0.15) is 0 Å². The van der Waals surface area contributed by atoms with Gasteiger partial charge in [-0.15, -0.1) is 0 Å². The summed E-state index contributed by atoms with van der Waals surface area (Å²) in [7, 11) is 0. The number of nitrogens with zero attached hydrogens (tertiary/aromatic N) is 4. The van der Waals surface area contributed by atoms with Gasteiger partial charge in [0.05, 0.1) is 23.0 Å². The van der Waals surface area contributed by atoms with Crippen molar-refractivity contribution in [1.82, 2.24) is 4.57 Å². The van der Waals surface area contributed by atoms with Gasteiger partial charge in [-0.05, 0) is 53.8 Å². The highest BCUT2D eigenvalue weighted by Crippen LogP contribution is 2.34. The van der Waals surface area contributed by atoms with Crippen LogP contribution in [0.15, 0.2) is 137 Å². The van der Waals surface area contributed by atoms with Crippen molar-refractivity contribution < 1.29 is 0 Å². The maximum Gasteiger partial charge on any atom is 0.0822 e. The van der Waals surface area contributed by atoms with Crippen LogP contribution in [0.5, 0.6) is 0 Å². The second-order valence-electron chi connectivity index (χ2n) is 9.36. The lowest BCUT2D eigenvalue weighted by Gasteiger charge is -2.33. The van der Waals surface area contributed by atoms with Crippen molar-refractivity contribution in [2.24, 2.45) is 9.98 Å². The highest BCUT2D eigenvalue weighted by molar-refractivity contribution is 6.19. The van der Waals surface area contributed by atoms with Crippen molar-refractivity contribution in [3.05, 3.63) is 143 Å². The zero-order valence-corrected chi connectivity index (χ0v) is 20.3. The van der Waals surface area contributed by atoms with E-state index in [-0.39, 0.29) is 6.17 Å². The van der Waals surface area contributed by atoms with Gasteiger partial charge in [0.25, 0.3) is 0 Å². The van der Waals surface area contributed by atoms with Crippen molar-refractivity contribution in [2.45, 2.75) is 19.0 Å². The van der Waals surface area contributed by atoms with Gasteiger partial charge < -0.3 is 14.9 Å². The van der Waals surface area contributed by atoms with E-state index in [4.69, 9.17) is 15.3 Å². The Morgan fingerprint density at radius 1 is 0.703 bits per heavy atom. The van der Waals surface area contributed by atoms with Crippen LogP contribution in [0.1, 0.15) is 30.1 Å². The van der Waals surface area contributed by atoms with E-state index >= 15 is 0 Å². The van der Waals surface area contributed by atoms with E-state index in [1.54, 1.807) is 0 Å². The summed E-state index contributed by atoms with van der Waals surface area (Å²) in [5.41, 5.74) is 6.63. The van der Waals surface area contributed by atoms with E-state index in [2.05, 4.69) is 108 Å². The Balaban J connectivity index is 1.30. The summed E-state index contributed by atoms with van der Waals surface area (Å²) in [5, 5.41) is 7.48. The second kappa shape index (κ2) is 9.07. The molecular formula is C33H25N4-. The number of amidine groups is 2. The van der Waals surface area contributed by atoms with Crippen molar-refractivity contribution in [3.8, 4) is 5.69 Å². The third-order valence-corrected chi connectivity index (χ3v) is 7.02. The Morgan fingerprint density at radius 2 is 1.38 bits per heavy atom. The Hall–Kier alpha value is -4.70. The monoisotopic (exact) mass is 477 g/mol. The summed E-state index contributed by atoms with van der Waals surface area (Å²) in [6.45, 7) is 0. The molecule has 1 atom stereocenters. The molecule has 4 nitrogen and oxygen atoms in total. The average molecular weight is 478 g/mol. The number of para-hydroxylation sites is 2. The molecule has 0 spiro atoms. The van der Waals surface area contributed by atoms with Gasteiger partial charge in [0.15, 0.2) is 0 Å². The van der Waals surface area contributed by atoms with E-state index in [1.165, 1.54) is 21.8 Å². The van der Waals surface area contributed by atoms with Crippen LogP contribution in [0, 0.1) is 0 Å². The van der Waals surface area contributed by atoms with Gasteiger partial charge in [-0.25, -0.2) is 0 Å². The zero-order valence-electron chi connectivity index (χ0n) is 20.3. The minimum Gasteiger partial charge on any atom is -0.438 e. The highest BCUT2D eigenvalue weighted by atomic mass is 15.2. The number of fused-ring (bicyclic) bond motifs is 3. The number of allylic oxidation sites excluding steroid dienone is 2. The molecule has 2 heterocycles. The average Bonchev–Trinajstić information content (AvgIpc) is 3.32. The van der Waals surface area contributed by atoms with Crippen LogP contribution in [0.2, 0.25) is 0 Å². The Bertz CT molecular complexity index is 1680. The van der Waals surface area contributed by atoms with E-state index in [0.29, 0.717) is 5.84 Å². The number of benzene rings is 4. The first kappa shape index (κ1) is 21.6. The largest absolute Gasteiger partial charge is 0.438 e. The summed E-state index contributed by atoms with van der Waals surface area (Å²) in [6.07, 6.45) is 8.30. The van der Waals surface area contributed by atoms with Gasteiger partial charge >= 0.3 is 0 Å². The van der Waals surface area contributed by atoms with Gasteiger partial charge in [0.1, 0.15) is 0 Å². The predicted octanol–water partition coefficient (Wildman–Crippen LogP) is 8.29. The smallest absolute Gasteiger partial charge is 0.0822 e. The van der Waals surface area contributed by atoms with Crippen molar-refractivity contribution in [1.29, 1.82) is 0 Å². The summed E-state index contributed by atoms with van der Waals surface area (Å²) < 4.78 is 2.32. The van der Waals surface area contributed by atoms with Crippen LogP contribution in [-0.2, 0) is 0 Å². The molecule has 0 amide bonds. The maximum absolute atomic E-state index is 4.96. The van der Waals surface area contributed by atoms with Crippen LogP contribution in [0.25, 0.3) is 32.8 Å². The third-order valence-electron chi connectivity index (χ3n) is 7.02. The SMILES string of the molecule is C1=CC(C2=NC(c3ccccc3)[N-]C(c3ccc(-n4c5ccccc5c5ccccc54)cc3)=N2)=CCC1. The first-order valence-corrected chi connectivity index (χ1v) is 12.7. The molecule has 0 fully saturated rings. The molecule has 1 aliphatic heterocycles. The number of hydrogen-bond donors (Lipinski definition) is 0. The lowest BCUT2D eigenvalue weighted by Crippen LogP contribution is -2.16. The Labute approximate surface area is 216 Å². The number of hydrogen-bond acceptors (Lipinski definition) is 2. The van der Waals surface area contributed by atoms with Crippen LogP contribution in [-0.4, -0.2) is 16.2 Å². The quantitative estimate of drug-likeness (QED) is 0.250.